The maximum atomic E-state index is 12.3. The van der Waals surface area contributed by atoms with Gasteiger partial charge in [-0.25, -0.2) is 5.43 Å². The van der Waals surface area contributed by atoms with Gasteiger partial charge in [0.05, 0.1) is 6.21 Å². The zero-order valence-electron chi connectivity index (χ0n) is 14.3. The molecule has 1 unspecified atom stereocenters. The minimum atomic E-state index is -0.351. The van der Waals surface area contributed by atoms with E-state index < -0.39 is 0 Å². The Balaban J connectivity index is 1.58. The average Bonchev–Trinajstić information content (AvgIpc) is 3.07. The number of nitrogens with zero attached hydrogens (tertiary/aromatic N) is 1. The van der Waals surface area contributed by atoms with Crippen molar-refractivity contribution in [3.8, 4) is 11.5 Å². The molecule has 2 N–H and O–H groups in total. The maximum absolute atomic E-state index is 12.3. The number of hydrazone groups is 1. The quantitative estimate of drug-likeness (QED) is 0.627. The molecule has 1 heterocycles. The van der Waals surface area contributed by atoms with Gasteiger partial charge in [-0.2, -0.15) is 5.10 Å². The third kappa shape index (κ3) is 4.29. The highest BCUT2D eigenvalue weighted by atomic mass is 16.7. The molecule has 0 saturated carbocycles. The molecule has 130 valence electrons. The van der Waals surface area contributed by atoms with Crippen LogP contribution in [-0.2, 0) is 4.79 Å². The normalized spacial score (nSPS) is 13.7. The summed E-state index contributed by atoms with van der Waals surface area (Å²) in [6, 6.07) is 13.1. The number of anilines is 1. The number of ether oxygens (including phenoxy) is 2. The van der Waals surface area contributed by atoms with E-state index in [-0.39, 0.29) is 18.7 Å². The van der Waals surface area contributed by atoms with E-state index in [9.17, 15) is 4.79 Å². The highest BCUT2D eigenvalue weighted by Crippen LogP contribution is 2.31. The van der Waals surface area contributed by atoms with Gasteiger partial charge in [0.15, 0.2) is 11.5 Å². The lowest BCUT2D eigenvalue weighted by molar-refractivity contribution is -0.121. The van der Waals surface area contributed by atoms with E-state index in [2.05, 4.69) is 15.8 Å². The minimum Gasteiger partial charge on any atom is -0.454 e. The molecule has 0 bridgehead atoms. The van der Waals surface area contributed by atoms with Gasteiger partial charge in [0, 0.05) is 5.69 Å². The van der Waals surface area contributed by atoms with E-state index >= 15 is 0 Å². The summed E-state index contributed by atoms with van der Waals surface area (Å²) in [4.78, 5) is 12.3. The summed E-state index contributed by atoms with van der Waals surface area (Å²) in [7, 11) is 0. The third-order valence-corrected chi connectivity index (χ3v) is 3.87. The Labute approximate surface area is 146 Å². The molecule has 3 rings (SSSR count). The molecular formula is C19H21N3O3. The SMILES string of the molecule is CCC(Nc1cccc(C)c1)C(=O)N/N=C/c1ccc2c(c1)OCO2. The fourth-order valence-electron chi connectivity index (χ4n) is 2.53. The Morgan fingerprint density at radius 2 is 2.08 bits per heavy atom. The number of rotatable bonds is 6. The van der Waals surface area contributed by atoms with Crippen molar-refractivity contribution >= 4 is 17.8 Å². The number of benzene rings is 2. The van der Waals surface area contributed by atoms with Crippen LogP contribution >= 0.6 is 0 Å². The monoisotopic (exact) mass is 339 g/mol. The van der Waals surface area contributed by atoms with Crippen LogP contribution in [0, 0.1) is 6.92 Å². The second-order valence-corrected chi connectivity index (χ2v) is 5.82. The van der Waals surface area contributed by atoms with Gasteiger partial charge >= 0.3 is 0 Å². The van der Waals surface area contributed by atoms with Gasteiger partial charge < -0.3 is 14.8 Å². The molecule has 6 nitrogen and oxygen atoms in total. The van der Waals surface area contributed by atoms with E-state index in [1.165, 1.54) is 0 Å². The fraction of sp³-hybridized carbons (Fsp3) is 0.263. The van der Waals surface area contributed by atoms with Crippen molar-refractivity contribution < 1.29 is 14.3 Å². The van der Waals surface area contributed by atoms with Crippen LogP contribution in [0.2, 0.25) is 0 Å². The number of amides is 1. The van der Waals surface area contributed by atoms with Crippen LogP contribution in [0.1, 0.15) is 24.5 Å². The Morgan fingerprint density at radius 1 is 1.24 bits per heavy atom. The number of nitrogens with one attached hydrogen (secondary N) is 2. The lowest BCUT2D eigenvalue weighted by atomic mass is 10.1. The second kappa shape index (κ2) is 7.70. The molecular weight excluding hydrogens is 318 g/mol. The maximum Gasteiger partial charge on any atom is 0.262 e. The van der Waals surface area contributed by atoms with Gasteiger partial charge in [-0.05, 0) is 54.8 Å². The Kier molecular flexibility index (Phi) is 5.18. The summed E-state index contributed by atoms with van der Waals surface area (Å²) < 4.78 is 10.6. The number of carbonyl (C=O) groups excluding carboxylic acids is 1. The summed E-state index contributed by atoms with van der Waals surface area (Å²) in [6.45, 7) is 4.20. The predicted molar refractivity (Wildman–Crippen MR) is 97.2 cm³/mol. The Hall–Kier alpha value is -3.02. The largest absolute Gasteiger partial charge is 0.454 e. The summed E-state index contributed by atoms with van der Waals surface area (Å²) in [5, 5.41) is 7.26. The van der Waals surface area contributed by atoms with Gasteiger partial charge in [0.1, 0.15) is 6.04 Å². The van der Waals surface area contributed by atoms with Crippen LogP contribution in [0.25, 0.3) is 0 Å². The molecule has 25 heavy (non-hydrogen) atoms. The van der Waals surface area contributed by atoms with Crippen LogP contribution < -0.4 is 20.2 Å². The number of hydrogen-bond donors (Lipinski definition) is 2. The van der Waals surface area contributed by atoms with E-state index in [1.54, 1.807) is 6.21 Å². The smallest absolute Gasteiger partial charge is 0.262 e. The standard InChI is InChI=1S/C19H21N3O3/c1-3-16(21-15-6-4-5-13(2)9-15)19(23)22-20-11-14-7-8-17-18(10-14)25-12-24-17/h4-11,16,21H,3,12H2,1-2H3,(H,22,23)/b20-11+. The first-order valence-electron chi connectivity index (χ1n) is 8.21. The van der Waals surface area contributed by atoms with Crippen molar-refractivity contribution in [2.45, 2.75) is 26.3 Å². The van der Waals surface area contributed by atoms with Crippen LogP contribution in [0.4, 0.5) is 5.69 Å². The molecule has 1 atom stereocenters. The van der Waals surface area contributed by atoms with Crippen LogP contribution in [0.15, 0.2) is 47.6 Å². The van der Waals surface area contributed by atoms with Gasteiger partial charge in [-0.3, -0.25) is 4.79 Å². The molecule has 0 radical (unpaired) electrons. The van der Waals surface area contributed by atoms with Crippen LogP contribution in [0.5, 0.6) is 11.5 Å². The van der Waals surface area contributed by atoms with Crippen molar-refractivity contribution in [1.29, 1.82) is 0 Å². The van der Waals surface area contributed by atoms with Crippen LogP contribution in [-0.4, -0.2) is 25.0 Å². The van der Waals surface area contributed by atoms with E-state index in [0.29, 0.717) is 12.2 Å². The lowest BCUT2D eigenvalue weighted by Gasteiger charge is -2.16. The molecule has 0 fully saturated rings. The molecule has 0 saturated heterocycles. The molecule has 6 heteroatoms. The minimum absolute atomic E-state index is 0.180. The molecule has 2 aromatic rings. The molecule has 2 aromatic carbocycles. The number of hydrogen-bond acceptors (Lipinski definition) is 5. The van der Waals surface area contributed by atoms with Gasteiger partial charge in [0.25, 0.3) is 5.91 Å². The number of fused-ring (bicyclic) bond motifs is 1. The third-order valence-electron chi connectivity index (χ3n) is 3.87. The van der Waals surface area contributed by atoms with Crippen LogP contribution in [0.3, 0.4) is 0 Å². The van der Waals surface area contributed by atoms with Gasteiger partial charge in [-0.15, -0.1) is 0 Å². The van der Waals surface area contributed by atoms with Crippen molar-refractivity contribution in [2.24, 2.45) is 5.10 Å². The Bertz CT molecular complexity index is 789. The molecule has 1 aliphatic heterocycles. The van der Waals surface area contributed by atoms with Crippen molar-refractivity contribution in [1.82, 2.24) is 5.43 Å². The van der Waals surface area contributed by atoms with E-state index in [4.69, 9.17) is 9.47 Å². The number of carbonyl (C=O) groups is 1. The number of aryl methyl sites for hydroxylation is 1. The molecule has 0 spiro atoms. The Morgan fingerprint density at radius 3 is 2.88 bits per heavy atom. The van der Waals surface area contributed by atoms with Crippen molar-refractivity contribution in [3.05, 3.63) is 53.6 Å². The fourth-order valence-corrected chi connectivity index (χ4v) is 2.53. The lowest BCUT2D eigenvalue weighted by Crippen LogP contribution is -2.36. The first-order valence-corrected chi connectivity index (χ1v) is 8.21. The van der Waals surface area contributed by atoms with Gasteiger partial charge in [0.2, 0.25) is 6.79 Å². The zero-order chi connectivity index (χ0) is 17.6. The van der Waals surface area contributed by atoms with Crippen molar-refractivity contribution in [3.63, 3.8) is 0 Å². The van der Waals surface area contributed by atoms with E-state index in [0.717, 1.165) is 22.6 Å². The predicted octanol–water partition coefficient (Wildman–Crippen LogP) is 3.06. The van der Waals surface area contributed by atoms with Gasteiger partial charge in [-0.1, -0.05) is 19.1 Å². The highest BCUT2D eigenvalue weighted by molar-refractivity contribution is 5.87. The summed E-state index contributed by atoms with van der Waals surface area (Å²) in [5.41, 5.74) is 5.46. The second-order valence-electron chi connectivity index (χ2n) is 5.82. The summed E-state index contributed by atoms with van der Waals surface area (Å²) >= 11 is 0. The topological polar surface area (TPSA) is 72.0 Å². The molecule has 1 amide bonds. The average molecular weight is 339 g/mol. The zero-order valence-corrected chi connectivity index (χ0v) is 14.3. The van der Waals surface area contributed by atoms with Crippen molar-refractivity contribution in [2.75, 3.05) is 12.1 Å². The van der Waals surface area contributed by atoms with E-state index in [1.807, 2.05) is 56.3 Å². The summed E-state index contributed by atoms with van der Waals surface area (Å²) in [5.74, 6) is 1.22. The molecule has 0 aromatic heterocycles. The first-order chi connectivity index (χ1) is 12.2. The first kappa shape index (κ1) is 16.8. The highest BCUT2D eigenvalue weighted by Gasteiger charge is 2.16. The molecule has 0 aliphatic carbocycles. The summed E-state index contributed by atoms with van der Waals surface area (Å²) in [6.07, 6.45) is 2.23. The molecule has 1 aliphatic rings.